The fourth-order valence-electron chi connectivity index (χ4n) is 2.88. The Hall–Kier alpha value is -0.590. The van der Waals surface area contributed by atoms with Gasteiger partial charge in [-0.1, -0.05) is 12.1 Å². The van der Waals surface area contributed by atoms with Crippen molar-refractivity contribution in [1.82, 2.24) is 15.5 Å². The molecule has 112 valence electrons. The van der Waals surface area contributed by atoms with Gasteiger partial charge in [0.1, 0.15) is 5.60 Å². The number of aromatic nitrogens is 2. The van der Waals surface area contributed by atoms with E-state index < -0.39 is 0 Å². The lowest BCUT2D eigenvalue weighted by Crippen LogP contribution is -2.34. The normalized spacial score (nSPS) is 33.9. The topological polar surface area (TPSA) is 60.2 Å². The third-order valence-electron chi connectivity index (χ3n) is 4.19. The van der Waals surface area contributed by atoms with E-state index in [0.717, 1.165) is 55.6 Å². The van der Waals surface area contributed by atoms with E-state index in [1.165, 1.54) is 0 Å². The maximum atomic E-state index is 5.79. The summed E-state index contributed by atoms with van der Waals surface area (Å²) in [6.07, 6.45) is 3.19. The molecular weight excluding hydrogens is 274 g/mol. The Morgan fingerprint density at radius 3 is 3.10 bits per heavy atom. The van der Waals surface area contributed by atoms with Crippen LogP contribution in [0.5, 0.6) is 0 Å². The Kier molecular flexibility index (Phi) is 4.33. The molecule has 2 aliphatic rings. The number of nitrogens with zero attached hydrogens (tertiary/aromatic N) is 2. The molecule has 3 heterocycles. The van der Waals surface area contributed by atoms with E-state index in [-0.39, 0.29) is 5.60 Å². The van der Waals surface area contributed by atoms with Crippen LogP contribution in [0, 0.1) is 0 Å². The highest BCUT2D eigenvalue weighted by Gasteiger charge is 2.39. The van der Waals surface area contributed by atoms with E-state index in [2.05, 4.69) is 29.3 Å². The molecule has 6 heteroatoms. The molecule has 2 aliphatic heterocycles. The lowest BCUT2D eigenvalue weighted by Gasteiger charge is -2.18. The molecular formula is C14H23N3O2S. The van der Waals surface area contributed by atoms with Gasteiger partial charge in [0.15, 0.2) is 0 Å². The Balaban J connectivity index is 1.72. The fourth-order valence-corrected chi connectivity index (χ4v) is 4.25. The highest BCUT2D eigenvalue weighted by molar-refractivity contribution is 7.99. The van der Waals surface area contributed by atoms with Crippen molar-refractivity contribution in [3.8, 4) is 0 Å². The molecule has 0 aliphatic carbocycles. The Morgan fingerprint density at radius 2 is 2.35 bits per heavy atom. The smallest absolute Gasteiger partial charge is 0.232 e. The summed E-state index contributed by atoms with van der Waals surface area (Å²) in [6, 6.07) is 0.450. The molecule has 5 nitrogen and oxygen atoms in total. The quantitative estimate of drug-likeness (QED) is 0.900. The molecule has 20 heavy (non-hydrogen) atoms. The van der Waals surface area contributed by atoms with Crippen LogP contribution in [0.15, 0.2) is 4.52 Å². The summed E-state index contributed by atoms with van der Waals surface area (Å²) >= 11 is 1.95. The average molecular weight is 297 g/mol. The van der Waals surface area contributed by atoms with Gasteiger partial charge in [-0.3, -0.25) is 0 Å². The summed E-state index contributed by atoms with van der Waals surface area (Å²) in [5.41, 5.74) is -0.347. The summed E-state index contributed by atoms with van der Waals surface area (Å²) in [5, 5.41) is 7.77. The van der Waals surface area contributed by atoms with Crippen LogP contribution >= 0.6 is 11.8 Å². The van der Waals surface area contributed by atoms with Crippen molar-refractivity contribution in [2.45, 2.75) is 50.7 Å². The molecule has 3 unspecified atom stereocenters. The van der Waals surface area contributed by atoms with E-state index in [0.29, 0.717) is 12.0 Å². The number of nitrogens with one attached hydrogen (secondary N) is 1. The summed E-state index contributed by atoms with van der Waals surface area (Å²) in [5.74, 6) is 4.00. The summed E-state index contributed by atoms with van der Waals surface area (Å²) < 4.78 is 11.3. The Morgan fingerprint density at radius 1 is 1.45 bits per heavy atom. The van der Waals surface area contributed by atoms with Crippen molar-refractivity contribution in [3.63, 3.8) is 0 Å². The zero-order valence-corrected chi connectivity index (χ0v) is 13.0. The van der Waals surface area contributed by atoms with Gasteiger partial charge in [-0.15, -0.1) is 0 Å². The second-order valence-corrected chi connectivity index (χ2v) is 6.92. The summed E-state index contributed by atoms with van der Waals surface area (Å²) in [6.45, 7) is 6.09. The number of rotatable bonds is 5. The predicted octanol–water partition coefficient (Wildman–Crippen LogP) is 2.29. The van der Waals surface area contributed by atoms with Gasteiger partial charge in [-0.25, -0.2) is 0 Å². The van der Waals surface area contributed by atoms with E-state index in [9.17, 15) is 0 Å². The highest BCUT2D eigenvalue weighted by Crippen LogP contribution is 2.36. The van der Waals surface area contributed by atoms with Crippen LogP contribution in [0.25, 0.3) is 0 Å². The van der Waals surface area contributed by atoms with Crippen LogP contribution in [0.4, 0.5) is 0 Å². The molecule has 1 N–H and O–H groups in total. The second-order valence-electron chi connectivity index (χ2n) is 5.84. The van der Waals surface area contributed by atoms with E-state index in [1.54, 1.807) is 0 Å². The first-order valence-electron chi connectivity index (χ1n) is 7.52. The lowest BCUT2D eigenvalue weighted by molar-refractivity contribution is 0.00768. The van der Waals surface area contributed by atoms with Crippen LogP contribution in [-0.2, 0) is 10.3 Å². The third-order valence-corrected chi connectivity index (χ3v) is 5.38. The van der Waals surface area contributed by atoms with Crippen molar-refractivity contribution >= 4 is 11.8 Å². The number of ether oxygens (including phenoxy) is 1. The zero-order chi connectivity index (χ0) is 14.0. The minimum atomic E-state index is -0.347. The standard InChI is InChI=1S/C14H23N3O2S/c1-3-6-15-11-9-20-8-10(11)12-16-13(17-19-12)14(2)5-4-7-18-14/h10-11,15H,3-9H2,1-2H3. The SMILES string of the molecule is CCCNC1CSCC1c1nc(C2(C)CCCO2)no1. The largest absolute Gasteiger partial charge is 0.367 e. The molecule has 1 aromatic heterocycles. The van der Waals surface area contributed by atoms with Gasteiger partial charge in [0, 0.05) is 24.2 Å². The van der Waals surface area contributed by atoms with Gasteiger partial charge < -0.3 is 14.6 Å². The first-order valence-corrected chi connectivity index (χ1v) is 8.67. The van der Waals surface area contributed by atoms with Crippen LogP contribution in [0.3, 0.4) is 0 Å². The lowest BCUT2D eigenvalue weighted by atomic mass is 10.0. The van der Waals surface area contributed by atoms with Crippen molar-refractivity contribution in [3.05, 3.63) is 11.7 Å². The van der Waals surface area contributed by atoms with Gasteiger partial charge in [-0.05, 0) is 32.7 Å². The van der Waals surface area contributed by atoms with Crippen molar-refractivity contribution in [2.75, 3.05) is 24.7 Å². The number of thioether (sulfide) groups is 1. The molecule has 0 saturated carbocycles. The van der Waals surface area contributed by atoms with E-state index in [1.807, 2.05) is 11.8 Å². The maximum Gasteiger partial charge on any atom is 0.232 e. The monoisotopic (exact) mass is 297 g/mol. The molecule has 2 fully saturated rings. The molecule has 1 aromatic rings. The minimum absolute atomic E-state index is 0.331. The predicted molar refractivity (Wildman–Crippen MR) is 79.0 cm³/mol. The maximum absolute atomic E-state index is 5.79. The molecule has 3 atom stereocenters. The zero-order valence-electron chi connectivity index (χ0n) is 12.2. The Bertz CT molecular complexity index is 445. The van der Waals surface area contributed by atoms with Gasteiger partial charge in [0.05, 0.1) is 5.92 Å². The third kappa shape index (κ3) is 2.73. The van der Waals surface area contributed by atoms with Gasteiger partial charge in [-0.2, -0.15) is 16.7 Å². The number of hydrogen-bond acceptors (Lipinski definition) is 6. The van der Waals surface area contributed by atoms with Crippen molar-refractivity contribution in [1.29, 1.82) is 0 Å². The van der Waals surface area contributed by atoms with Gasteiger partial charge >= 0.3 is 0 Å². The molecule has 0 aromatic carbocycles. The summed E-state index contributed by atoms with van der Waals surface area (Å²) in [4.78, 5) is 4.65. The number of hydrogen-bond donors (Lipinski definition) is 1. The minimum Gasteiger partial charge on any atom is -0.367 e. The molecule has 3 rings (SSSR count). The molecule has 0 amide bonds. The van der Waals surface area contributed by atoms with E-state index >= 15 is 0 Å². The van der Waals surface area contributed by atoms with Crippen LogP contribution in [0.2, 0.25) is 0 Å². The van der Waals surface area contributed by atoms with Gasteiger partial charge in [0.2, 0.25) is 11.7 Å². The highest BCUT2D eigenvalue weighted by atomic mass is 32.2. The average Bonchev–Trinajstić information content (AvgIpc) is 3.16. The first-order chi connectivity index (χ1) is 9.73. The molecule has 2 saturated heterocycles. The van der Waals surface area contributed by atoms with Crippen LogP contribution in [-0.4, -0.2) is 40.8 Å². The van der Waals surface area contributed by atoms with E-state index in [4.69, 9.17) is 9.26 Å². The molecule has 0 radical (unpaired) electrons. The second kappa shape index (κ2) is 6.03. The molecule has 0 bridgehead atoms. The van der Waals surface area contributed by atoms with Crippen molar-refractivity contribution in [2.24, 2.45) is 0 Å². The Labute approximate surface area is 124 Å². The fraction of sp³-hybridized carbons (Fsp3) is 0.857. The van der Waals surface area contributed by atoms with Crippen LogP contribution in [0.1, 0.15) is 50.7 Å². The van der Waals surface area contributed by atoms with Gasteiger partial charge in [0.25, 0.3) is 0 Å². The molecule has 0 spiro atoms. The first kappa shape index (κ1) is 14.4. The summed E-state index contributed by atoms with van der Waals surface area (Å²) in [7, 11) is 0. The van der Waals surface area contributed by atoms with Crippen molar-refractivity contribution < 1.29 is 9.26 Å². The van der Waals surface area contributed by atoms with Crippen LogP contribution < -0.4 is 5.32 Å².